The van der Waals surface area contributed by atoms with E-state index in [1.54, 1.807) is 6.92 Å². The number of hydrogen-bond donors (Lipinski definition) is 3. The van der Waals surface area contributed by atoms with Crippen molar-refractivity contribution in [1.82, 2.24) is 20.8 Å². The molecule has 0 bridgehead atoms. The fraction of sp³-hybridized carbons (Fsp3) is 0.600. The topological polar surface area (TPSA) is 117 Å². The number of amides is 2. The molecule has 1 atom stereocenters. The second kappa shape index (κ2) is 5.97. The van der Waals surface area contributed by atoms with Gasteiger partial charge in [0.05, 0.1) is 0 Å². The molecule has 0 aliphatic carbocycles. The van der Waals surface area contributed by atoms with E-state index in [1.165, 1.54) is 5.32 Å². The largest absolute Gasteiger partial charge is 0.479 e. The molecule has 1 unspecified atom stereocenters. The van der Waals surface area contributed by atoms with Crippen molar-refractivity contribution >= 4 is 12.0 Å². The Morgan fingerprint density at radius 3 is 2.43 bits per heavy atom. The third-order valence-electron chi connectivity index (χ3n) is 2.56. The normalized spacial score (nSPS) is 14.3. The average molecular weight is 310 g/mol. The zero-order chi connectivity index (χ0) is 16.3. The van der Waals surface area contributed by atoms with Gasteiger partial charge in [0.25, 0.3) is 0 Å². The van der Waals surface area contributed by atoms with Crippen LogP contribution >= 0.6 is 0 Å². The second-order valence-corrected chi connectivity index (χ2v) is 4.29. The Kier molecular flexibility index (Phi) is 4.76. The number of halogens is 3. The highest BCUT2D eigenvalue weighted by molar-refractivity contribution is 5.86. The van der Waals surface area contributed by atoms with Gasteiger partial charge in [-0.2, -0.15) is 18.2 Å². The standard InChI is InChI=1S/C10H13F3N4O4/c1-5-15-6(17-21-5)3-4-14-8(20)16-9(2,7(18)19)10(11,12)13/h3-4H2,1-2H3,(H,18,19)(H2,14,16,20). The van der Waals surface area contributed by atoms with Gasteiger partial charge in [0.2, 0.25) is 11.4 Å². The molecule has 0 aliphatic rings. The van der Waals surface area contributed by atoms with Crippen LogP contribution in [0.15, 0.2) is 4.52 Å². The third-order valence-corrected chi connectivity index (χ3v) is 2.56. The molecule has 1 rings (SSSR count). The second-order valence-electron chi connectivity index (χ2n) is 4.29. The van der Waals surface area contributed by atoms with Crippen LogP contribution in [0.5, 0.6) is 0 Å². The van der Waals surface area contributed by atoms with Crippen LogP contribution in [-0.2, 0) is 11.2 Å². The lowest BCUT2D eigenvalue weighted by Gasteiger charge is -2.28. The van der Waals surface area contributed by atoms with E-state index >= 15 is 0 Å². The summed E-state index contributed by atoms with van der Waals surface area (Å²) < 4.78 is 42.6. The van der Waals surface area contributed by atoms with Crippen molar-refractivity contribution in [2.24, 2.45) is 0 Å². The first-order valence-electron chi connectivity index (χ1n) is 5.71. The first kappa shape index (κ1) is 16.7. The Labute approximate surface area is 116 Å². The van der Waals surface area contributed by atoms with Gasteiger partial charge in [-0.25, -0.2) is 9.59 Å². The molecule has 1 heterocycles. The molecule has 11 heteroatoms. The number of carbonyl (C=O) groups is 2. The molecular formula is C10H13F3N4O4. The number of alkyl halides is 3. The number of nitrogens with zero attached hydrogens (tertiary/aromatic N) is 2. The highest BCUT2D eigenvalue weighted by Gasteiger charge is 2.58. The van der Waals surface area contributed by atoms with Gasteiger partial charge in [0.1, 0.15) is 0 Å². The number of carboxylic acids is 1. The van der Waals surface area contributed by atoms with Crippen LogP contribution in [0.25, 0.3) is 0 Å². The Morgan fingerprint density at radius 2 is 2.00 bits per heavy atom. The molecule has 3 N–H and O–H groups in total. The van der Waals surface area contributed by atoms with Crippen molar-refractivity contribution in [2.45, 2.75) is 32.0 Å². The quantitative estimate of drug-likeness (QED) is 0.734. The van der Waals surface area contributed by atoms with Gasteiger partial charge in [-0.1, -0.05) is 5.16 Å². The molecule has 0 saturated heterocycles. The van der Waals surface area contributed by atoms with Gasteiger partial charge >= 0.3 is 18.2 Å². The van der Waals surface area contributed by atoms with Gasteiger partial charge in [-0.15, -0.1) is 0 Å². The highest BCUT2D eigenvalue weighted by atomic mass is 19.4. The summed E-state index contributed by atoms with van der Waals surface area (Å²) >= 11 is 0. The van der Waals surface area contributed by atoms with E-state index in [0.29, 0.717) is 12.8 Å². The third kappa shape index (κ3) is 4.07. The fourth-order valence-corrected chi connectivity index (χ4v) is 1.25. The van der Waals surface area contributed by atoms with E-state index in [4.69, 9.17) is 5.11 Å². The summed E-state index contributed by atoms with van der Waals surface area (Å²) in [6.45, 7) is 1.83. The average Bonchev–Trinajstić information content (AvgIpc) is 2.73. The van der Waals surface area contributed by atoms with Gasteiger partial charge in [0, 0.05) is 19.9 Å². The predicted octanol–water partition coefficient (Wildman–Crippen LogP) is 0.625. The first-order chi connectivity index (χ1) is 9.56. The number of aromatic nitrogens is 2. The van der Waals surface area contributed by atoms with E-state index in [0.717, 1.165) is 0 Å². The molecule has 0 aromatic carbocycles. The van der Waals surface area contributed by atoms with Crippen molar-refractivity contribution in [3.63, 3.8) is 0 Å². The maximum atomic E-state index is 12.6. The van der Waals surface area contributed by atoms with Crippen molar-refractivity contribution in [3.05, 3.63) is 11.7 Å². The van der Waals surface area contributed by atoms with Crippen LogP contribution in [0.2, 0.25) is 0 Å². The van der Waals surface area contributed by atoms with Crippen molar-refractivity contribution in [2.75, 3.05) is 6.54 Å². The van der Waals surface area contributed by atoms with E-state index in [-0.39, 0.29) is 18.8 Å². The minimum absolute atomic E-state index is 0.0850. The van der Waals surface area contributed by atoms with Crippen LogP contribution in [0.1, 0.15) is 18.6 Å². The smallest absolute Gasteiger partial charge is 0.422 e. The number of aliphatic carboxylic acids is 1. The molecule has 1 aromatic heterocycles. The van der Waals surface area contributed by atoms with Gasteiger partial charge in [0.15, 0.2) is 5.82 Å². The highest BCUT2D eigenvalue weighted by Crippen LogP contribution is 2.30. The fourth-order valence-electron chi connectivity index (χ4n) is 1.25. The molecule has 8 nitrogen and oxygen atoms in total. The predicted molar refractivity (Wildman–Crippen MR) is 61.4 cm³/mol. The summed E-state index contributed by atoms with van der Waals surface area (Å²) in [7, 11) is 0. The van der Waals surface area contributed by atoms with E-state index < -0.39 is 23.7 Å². The summed E-state index contributed by atoms with van der Waals surface area (Å²) in [6.07, 6.45) is -5.01. The Hall–Kier alpha value is -2.33. The lowest BCUT2D eigenvalue weighted by atomic mass is 10.0. The monoisotopic (exact) mass is 310 g/mol. The molecule has 118 valence electrons. The minimum Gasteiger partial charge on any atom is -0.479 e. The van der Waals surface area contributed by atoms with Crippen LogP contribution in [0, 0.1) is 6.92 Å². The van der Waals surface area contributed by atoms with Crippen molar-refractivity contribution in [3.8, 4) is 0 Å². The van der Waals surface area contributed by atoms with Crippen LogP contribution in [0.3, 0.4) is 0 Å². The maximum absolute atomic E-state index is 12.6. The lowest BCUT2D eigenvalue weighted by Crippen LogP contribution is -2.63. The lowest BCUT2D eigenvalue weighted by molar-refractivity contribution is -0.203. The van der Waals surface area contributed by atoms with E-state index in [1.807, 2.05) is 0 Å². The Balaban J connectivity index is 2.54. The first-order valence-corrected chi connectivity index (χ1v) is 5.71. The Bertz CT molecular complexity index is 531. The Morgan fingerprint density at radius 1 is 1.38 bits per heavy atom. The molecule has 0 fully saturated rings. The summed E-state index contributed by atoms with van der Waals surface area (Å²) in [5.74, 6) is -1.63. The van der Waals surface area contributed by atoms with Crippen LogP contribution < -0.4 is 10.6 Å². The molecule has 0 spiro atoms. The van der Waals surface area contributed by atoms with E-state index in [2.05, 4.69) is 20.0 Å². The molecule has 0 radical (unpaired) electrons. The summed E-state index contributed by atoms with van der Waals surface area (Å²) in [6, 6.07) is -1.27. The molecule has 21 heavy (non-hydrogen) atoms. The van der Waals surface area contributed by atoms with Crippen LogP contribution in [0.4, 0.5) is 18.0 Å². The summed E-state index contributed by atoms with van der Waals surface area (Å²) in [5.41, 5.74) is -3.38. The number of carbonyl (C=O) groups excluding carboxylic acids is 1. The number of hydrogen-bond acceptors (Lipinski definition) is 5. The zero-order valence-electron chi connectivity index (χ0n) is 11.1. The molecule has 1 aromatic rings. The number of carboxylic acid groups (broad SMARTS) is 1. The molecule has 2 amide bonds. The number of rotatable bonds is 5. The van der Waals surface area contributed by atoms with Crippen molar-refractivity contribution in [1.29, 1.82) is 0 Å². The molecule has 0 aliphatic heterocycles. The van der Waals surface area contributed by atoms with Gasteiger partial charge < -0.3 is 20.3 Å². The number of urea groups is 1. The summed E-state index contributed by atoms with van der Waals surface area (Å²) in [5, 5.41) is 15.6. The molecular weight excluding hydrogens is 297 g/mol. The zero-order valence-corrected chi connectivity index (χ0v) is 11.1. The number of aryl methyl sites for hydroxylation is 1. The SMILES string of the molecule is Cc1nc(CCNC(=O)NC(C)(C(=O)O)C(F)(F)F)no1. The molecule has 0 saturated carbocycles. The summed E-state index contributed by atoms with van der Waals surface area (Å²) in [4.78, 5) is 25.9. The van der Waals surface area contributed by atoms with Crippen molar-refractivity contribution < 1.29 is 32.4 Å². The van der Waals surface area contributed by atoms with Crippen LogP contribution in [-0.4, -0.2) is 45.5 Å². The van der Waals surface area contributed by atoms with Gasteiger partial charge in [-0.3, -0.25) is 0 Å². The van der Waals surface area contributed by atoms with E-state index in [9.17, 15) is 22.8 Å². The number of nitrogens with one attached hydrogen (secondary N) is 2. The van der Waals surface area contributed by atoms with Gasteiger partial charge in [-0.05, 0) is 6.92 Å². The minimum atomic E-state index is -5.14. The maximum Gasteiger partial charge on any atom is 0.422 e.